The zero-order valence-electron chi connectivity index (χ0n) is 12.4. The van der Waals surface area contributed by atoms with Crippen LogP contribution in [0.4, 0.5) is 5.82 Å². The lowest BCUT2D eigenvalue weighted by atomic mass is 9.97. The van der Waals surface area contributed by atoms with Gasteiger partial charge in [0.05, 0.1) is 12.0 Å². The Hall–Kier alpha value is -2.11. The lowest BCUT2D eigenvalue weighted by Gasteiger charge is -2.37. The summed E-state index contributed by atoms with van der Waals surface area (Å²) >= 11 is 0. The molecule has 0 radical (unpaired) electrons. The van der Waals surface area contributed by atoms with Crippen molar-refractivity contribution in [3.8, 4) is 0 Å². The lowest BCUT2D eigenvalue weighted by Crippen LogP contribution is -2.42. The summed E-state index contributed by atoms with van der Waals surface area (Å²) in [6, 6.07) is 1.68. The minimum Gasteiger partial charge on any atom is -0.481 e. The van der Waals surface area contributed by atoms with Gasteiger partial charge >= 0.3 is 5.97 Å². The summed E-state index contributed by atoms with van der Waals surface area (Å²) in [7, 11) is 0. The van der Waals surface area contributed by atoms with E-state index in [1.165, 1.54) is 0 Å². The zero-order chi connectivity index (χ0) is 15.6. The number of rotatable bonds is 4. The van der Waals surface area contributed by atoms with E-state index < -0.39 is 11.9 Å². The van der Waals surface area contributed by atoms with Gasteiger partial charge in [0.15, 0.2) is 0 Å². The van der Waals surface area contributed by atoms with Gasteiger partial charge in [0.25, 0.3) is 5.91 Å². The number of nitrogens with zero attached hydrogens (tertiary/aromatic N) is 2. The Morgan fingerprint density at radius 3 is 2.76 bits per heavy atom. The summed E-state index contributed by atoms with van der Waals surface area (Å²) in [5.74, 6) is -0.822. The van der Waals surface area contributed by atoms with Crippen molar-refractivity contribution in [2.45, 2.75) is 45.6 Å². The molecule has 6 nitrogen and oxygen atoms in total. The summed E-state index contributed by atoms with van der Waals surface area (Å²) in [6.45, 7) is 4.39. The van der Waals surface area contributed by atoms with E-state index in [0.717, 1.165) is 30.5 Å². The highest BCUT2D eigenvalue weighted by Crippen LogP contribution is 2.29. The second kappa shape index (κ2) is 6.11. The number of hydrogen-bond acceptors (Lipinski definition) is 4. The van der Waals surface area contributed by atoms with Crippen LogP contribution in [0.15, 0.2) is 6.07 Å². The van der Waals surface area contributed by atoms with Gasteiger partial charge in [0.1, 0.15) is 5.82 Å². The Kier molecular flexibility index (Phi) is 4.45. The molecular weight excluding hydrogens is 270 g/mol. The van der Waals surface area contributed by atoms with Crippen LogP contribution in [0.5, 0.6) is 0 Å². The average Bonchev–Trinajstić information content (AvgIpc) is 2.37. The molecule has 2 rings (SSSR count). The Labute approximate surface area is 124 Å². The van der Waals surface area contributed by atoms with Crippen molar-refractivity contribution in [2.75, 3.05) is 11.4 Å². The smallest absolute Gasteiger partial charge is 0.305 e. The van der Waals surface area contributed by atoms with Crippen LogP contribution < -0.4 is 10.6 Å². The van der Waals surface area contributed by atoms with Crippen LogP contribution in [0.2, 0.25) is 0 Å². The normalized spacial score (nSPS) is 18.6. The number of carboxylic acids is 1. The Morgan fingerprint density at radius 1 is 1.43 bits per heavy atom. The van der Waals surface area contributed by atoms with E-state index in [9.17, 15) is 9.59 Å². The van der Waals surface area contributed by atoms with Crippen LogP contribution in [0.25, 0.3) is 0 Å². The standard InChI is InChI=1S/C15H21N3O3/c1-9-7-10(2)17-15(13(9)14(16)21)18-6-4-3-5-11(18)8-12(19)20/h7,11H,3-6,8H2,1-2H3,(H2,16,21)(H,19,20). The number of carboxylic acid groups (broad SMARTS) is 1. The third-order valence-corrected chi connectivity index (χ3v) is 3.88. The topological polar surface area (TPSA) is 96.5 Å². The van der Waals surface area contributed by atoms with E-state index >= 15 is 0 Å². The van der Waals surface area contributed by atoms with Crippen molar-refractivity contribution in [2.24, 2.45) is 5.73 Å². The van der Waals surface area contributed by atoms with E-state index in [1.807, 2.05) is 24.8 Å². The molecule has 1 aromatic rings. The van der Waals surface area contributed by atoms with Crippen molar-refractivity contribution in [1.29, 1.82) is 0 Å². The maximum Gasteiger partial charge on any atom is 0.305 e. The molecule has 1 atom stereocenters. The first kappa shape index (κ1) is 15.3. The maximum atomic E-state index is 11.8. The van der Waals surface area contributed by atoms with Crippen molar-refractivity contribution >= 4 is 17.7 Å². The van der Waals surface area contributed by atoms with Crippen LogP contribution in [0.3, 0.4) is 0 Å². The Bertz CT molecular complexity index is 572. The van der Waals surface area contributed by atoms with Crippen LogP contribution in [0.1, 0.15) is 47.3 Å². The van der Waals surface area contributed by atoms with Gasteiger partial charge in [-0.1, -0.05) is 0 Å². The van der Waals surface area contributed by atoms with Crippen molar-refractivity contribution < 1.29 is 14.7 Å². The largest absolute Gasteiger partial charge is 0.481 e. The number of aryl methyl sites for hydroxylation is 2. The number of carbonyl (C=O) groups excluding carboxylic acids is 1. The molecule has 21 heavy (non-hydrogen) atoms. The predicted molar refractivity (Wildman–Crippen MR) is 79.5 cm³/mol. The highest BCUT2D eigenvalue weighted by atomic mass is 16.4. The molecule has 0 bridgehead atoms. The number of amides is 1. The molecule has 3 N–H and O–H groups in total. The molecule has 0 spiro atoms. The Morgan fingerprint density at radius 2 is 2.14 bits per heavy atom. The molecule has 114 valence electrons. The summed E-state index contributed by atoms with van der Waals surface area (Å²) in [5, 5.41) is 9.08. The molecule has 0 saturated carbocycles. The summed E-state index contributed by atoms with van der Waals surface area (Å²) in [4.78, 5) is 29.2. The highest BCUT2D eigenvalue weighted by molar-refractivity contribution is 5.99. The maximum absolute atomic E-state index is 11.8. The number of anilines is 1. The van der Waals surface area contributed by atoms with E-state index in [-0.39, 0.29) is 12.5 Å². The van der Waals surface area contributed by atoms with E-state index in [4.69, 9.17) is 10.8 Å². The molecular formula is C15H21N3O3. The molecule has 1 aromatic heterocycles. The SMILES string of the molecule is Cc1cc(C)c(C(N)=O)c(N2CCCCC2CC(=O)O)n1. The number of aliphatic carboxylic acids is 1. The number of hydrogen-bond donors (Lipinski definition) is 2. The van der Waals surface area contributed by atoms with Gasteiger partial charge in [0.2, 0.25) is 0 Å². The van der Waals surface area contributed by atoms with Crippen LogP contribution in [-0.4, -0.2) is 34.6 Å². The fraction of sp³-hybridized carbons (Fsp3) is 0.533. The van der Waals surface area contributed by atoms with E-state index in [1.54, 1.807) is 0 Å². The first-order chi connectivity index (χ1) is 9.90. The molecule has 0 aromatic carbocycles. The molecule has 6 heteroatoms. The van der Waals surface area contributed by atoms with Gasteiger partial charge in [-0.15, -0.1) is 0 Å². The molecule has 1 saturated heterocycles. The third kappa shape index (κ3) is 3.32. The van der Waals surface area contributed by atoms with Gasteiger partial charge in [-0.25, -0.2) is 4.98 Å². The summed E-state index contributed by atoms with van der Waals surface area (Å²) in [6.07, 6.45) is 2.79. The van der Waals surface area contributed by atoms with Crippen LogP contribution in [-0.2, 0) is 4.79 Å². The molecule has 1 unspecified atom stereocenters. The second-order valence-electron chi connectivity index (χ2n) is 5.58. The van der Waals surface area contributed by atoms with Crippen LogP contribution in [0, 0.1) is 13.8 Å². The first-order valence-corrected chi connectivity index (χ1v) is 7.16. The number of aromatic nitrogens is 1. The van der Waals surface area contributed by atoms with Crippen molar-refractivity contribution in [3.63, 3.8) is 0 Å². The van der Waals surface area contributed by atoms with Gasteiger partial charge in [-0.2, -0.15) is 0 Å². The van der Waals surface area contributed by atoms with E-state index in [2.05, 4.69) is 4.98 Å². The summed E-state index contributed by atoms with van der Waals surface area (Å²) in [5.41, 5.74) is 7.48. The first-order valence-electron chi connectivity index (χ1n) is 7.16. The minimum atomic E-state index is -0.836. The lowest BCUT2D eigenvalue weighted by molar-refractivity contribution is -0.137. The second-order valence-corrected chi connectivity index (χ2v) is 5.58. The number of nitrogens with two attached hydrogens (primary N) is 1. The summed E-state index contributed by atoms with van der Waals surface area (Å²) < 4.78 is 0. The predicted octanol–water partition coefficient (Wildman–Crippen LogP) is 1.63. The minimum absolute atomic E-state index is 0.0485. The Balaban J connectivity index is 2.46. The zero-order valence-corrected chi connectivity index (χ0v) is 12.4. The molecule has 2 heterocycles. The molecule has 1 fully saturated rings. The fourth-order valence-electron chi connectivity index (χ4n) is 3.02. The van der Waals surface area contributed by atoms with Crippen LogP contribution >= 0.6 is 0 Å². The van der Waals surface area contributed by atoms with E-state index in [0.29, 0.717) is 17.9 Å². The molecule has 1 aliphatic rings. The number of primary amides is 1. The third-order valence-electron chi connectivity index (χ3n) is 3.88. The molecule has 0 aliphatic carbocycles. The van der Waals surface area contributed by atoms with Gasteiger partial charge in [-0.3, -0.25) is 9.59 Å². The highest BCUT2D eigenvalue weighted by Gasteiger charge is 2.29. The van der Waals surface area contributed by atoms with Crippen molar-refractivity contribution in [3.05, 3.63) is 22.9 Å². The fourth-order valence-corrected chi connectivity index (χ4v) is 3.02. The number of carbonyl (C=O) groups is 2. The quantitative estimate of drug-likeness (QED) is 0.879. The number of piperidine rings is 1. The van der Waals surface area contributed by atoms with Gasteiger partial charge < -0.3 is 15.7 Å². The average molecular weight is 291 g/mol. The molecule has 1 aliphatic heterocycles. The van der Waals surface area contributed by atoms with Crippen molar-refractivity contribution in [1.82, 2.24) is 4.98 Å². The van der Waals surface area contributed by atoms with Gasteiger partial charge in [-0.05, 0) is 44.7 Å². The monoisotopic (exact) mass is 291 g/mol. The van der Waals surface area contributed by atoms with Gasteiger partial charge in [0, 0.05) is 18.3 Å². The molecule has 1 amide bonds. The number of pyridine rings is 1.